The summed E-state index contributed by atoms with van der Waals surface area (Å²) in [5.41, 5.74) is 0.547. The summed E-state index contributed by atoms with van der Waals surface area (Å²) in [5, 5.41) is 6.99. The molecule has 1 atom stereocenters. The van der Waals surface area contributed by atoms with Crippen LogP contribution in [0.5, 0.6) is 0 Å². The molecule has 2 heterocycles. The second-order valence-corrected chi connectivity index (χ2v) is 4.78. The fourth-order valence-corrected chi connectivity index (χ4v) is 1.79. The molecule has 0 bridgehead atoms. The van der Waals surface area contributed by atoms with E-state index >= 15 is 0 Å². The highest BCUT2D eigenvalue weighted by atomic mass is 79.9. The van der Waals surface area contributed by atoms with Crippen LogP contribution in [0.25, 0.3) is 0 Å². The van der Waals surface area contributed by atoms with E-state index in [1.165, 1.54) is 0 Å². The molecule has 0 radical (unpaired) electrons. The maximum atomic E-state index is 11.9. The van der Waals surface area contributed by atoms with E-state index < -0.39 is 0 Å². The van der Waals surface area contributed by atoms with E-state index in [-0.39, 0.29) is 11.9 Å². The van der Waals surface area contributed by atoms with Crippen LogP contribution in [-0.4, -0.2) is 26.7 Å². The second-order valence-electron chi connectivity index (χ2n) is 3.97. The fraction of sp³-hybridized carbons (Fsp3) is 0.250. The molecule has 0 saturated carbocycles. The molecular formula is C12H13BrN4O. The van der Waals surface area contributed by atoms with Gasteiger partial charge in [0.15, 0.2) is 0 Å². The van der Waals surface area contributed by atoms with Crippen LogP contribution in [-0.2, 0) is 6.54 Å². The van der Waals surface area contributed by atoms with Crippen molar-refractivity contribution in [2.45, 2.75) is 19.5 Å². The molecule has 6 heteroatoms. The highest BCUT2D eigenvalue weighted by molar-refractivity contribution is 9.10. The Balaban J connectivity index is 1.92. The van der Waals surface area contributed by atoms with Crippen LogP contribution in [0.3, 0.4) is 0 Å². The van der Waals surface area contributed by atoms with Gasteiger partial charge in [-0.1, -0.05) is 0 Å². The van der Waals surface area contributed by atoms with Crippen molar-refractivity contribution in [1.29, 1.82) is 0 Å². The molecule has 2 rings (SSSR count). The molecule has 5 nitrogen and oxygen atoms in total. The van der Waals surface area contributed by atoms with Gasteiger partial charge in [0.25, 0.3) is 5.91 Å². The van der Waals surface area contributed by atoms with Crippen LogP contribution in [0.2, 0.25) is 0 Å². The zero-order valence-corrected chi connectivity index (χ0v) is 11.5. The number of halogens is 1. The molecule has 2 aromatic rings. The molecule has 2 aromatic heterocycles. The largest absolute Gasteiger partial charge is 0.348 e. The minimum absolute atomic E-state index is 0.000969. The molecule has 0 aliphatic carbocycles. The molecule has 0 aliphatic heterocycles. The minimum atomic E-state index is -0.130. The Morgan fingerprint density at radius 3 is 3.00 bits per heavy atom. The van der Waals surface area contributed by atoms with Crippen molar-refractivity contribution in [3.05, 3.63) is 47.0 Å². The average molecular weight is 309 g/mol. The number of carbonyl (C=O) groups is 1. The van der Waals surface area contributed by atoms with Crippen molar-refractivity contribution in [2.75, 3.05) is 0 Å². The Bertz CT molecular complexity index is 509. The molecule has 94 valence electrons. The Morgan fingerprint density at radius 2 is 2.39 bits per heavy atom. The summed E-state index contributed by atoms with van der Waals surface area (Å²) in [4.78, 5) is 15.9. The smallest absolute Gasteiger partial charge is 0.253 e. The minimum Gasteiger partial charge on any atom is -0.348 e. The van der Waals surface area contributed by atoms with Gasteiger partial charge < -0.3 is 5.32 Å². The summed E-state index contributed by atoms with van der Waals surface area (Å²) in [6, 6.07) is 5.33. The van der Waals surface area contributed by atoms with Crippen LogP contribution in [0, 0.1) is 0 Å². The molecule has 1 unspecified atom stereocenters. The number of pyridine rings is 1. The number of hydrogen-bond acceptors (Lipinski definition) is 3. The van der Waals surface area contributed by atoms with Crippen LogP contribution >= 0.6 is 15.9 Å². The number of rotatable bonds is 4. The van der Waals surface area contributed by atoms with Crippen molar-refractivity contribution in [3.63, 3.8) is 0 Å². The lowest BCUT2D eigenvalue weighted by molar-refractivity contribution is 0.0935. The Labute approximate surface area is 113 Å². The van der Waals surface area contributed by atoms with Gasteiger partial charge in [-0.3, -0.25) is 9.48 Å². The summed E-state index contributed by atoms with van der Waals surface area (Å²) in [6.45, 7) is 2.58. The molecular weight excluding hydrogens is 296 g/mol. The van der Waals surface area contributed by atoms with Gasteiger partial charge in [0.05, 0.1) is 12.1 Å². The second kappa shape index (κ2) is 5.77. The summed E-state index contributed by atoms with van der Waals surface area (Å²) in [7, 11) is 0. The highest BCUT2D eigenvalue weighted by Gasteiger charge is 2.10. The average Bonchev–Trinajstić information content (AvgIpc) is 2.82. The van der Waals surface area contributed by atoms with E-state index in [2.05, 4.69) is 31.3 Å². The topological polar surface area (TPSA) is 59.8 Å². The number of amides is 1. The first kappa shape index (κ1) is 12.8. The fourth-order valence-electron chi connectivity index (χ4n) is 1.55. The maximum absolute atomic E-state index is 11.9. The third kappa shape index (κ3) is 3.40. The lowest BCUT2D eigenvalue weighted by Gasteiger charge is -2.13. The van der Waals surface area contributed by atoms with Crippen LogP contribution < -0.4 is 5.32 Å². The summed E-state index contributed by atoms with van der Waals surface area (Å²) >= 11 is 3.23. The van der Waals surface area contributed by atoms with E-state index in [9.17, 15) is 4.79 Å². The summed E-state index contributed by atoms with van der Waals surface area (Å²) < 4.78 is 2.49. The predicted molar refractivity (Wildman–Crippen MR) is 71.1 cm³/mol. The lowest BCUT2D eigenvalue weighted by atomic mass is 10.2. The van der Waals surface area contributed by atoms with E-state index in [0.29, 0.717) is 16.7 Å². The SMILES string of the molecule is CC(Cn1cccn1)NC(=O)c1ccc(Br)nc1. The van der Waals surface area contributed by atoms with E-state index in [1.807, 2.05) is 19.2 Å². The molecule has 0 aromatic carbocycles. The number of hydrogen-bond donors (Lipinski definition) is 1. The van der Waals surface area contributed by atoms with Gasteiger partial charge in [-0.05, 0) is 41.1 Å². The molecule has 18 heavy (non-hydrogen) atoms. The van der Waals surface area contributed by atoms with Crippen molar-refractivity contribution in [2.24, 2.45) is 0 Å². The third-order valence-electron chi connectivity index (χ3n) is 2.39. The van der Waals surface area contributed by atoms with E-state index in [4.69, 9.17) is 0 Å². The van der Waals surface area contributed by atoms with Gasteiger partial charge in [-0.15, -0.1) is 0 Å². The van der Waals surface area contributed by atoms with Gasteiger partial charge >= 0.3 is 0 Å². The molecule has 1 N–H and O–H groups in total. The Morgan fingerprint density at radius 1 is 1.56 bits per heavy atom. The van der Waals surface area contributed by atoms with Crippen molar-refractivity contribution < 1.29 is 4.79 Å². The number of nitrogens with one attached hydrogen (secondary N) is 1. The monoisotopic (exact) mass is 308 g/mol. The van der Waals surface area contributed by atoms with Gasteiger partial charge in [0.1, 0.15) is 4.60 Å². The highest BCUT2D eigenvalue weighted by Crippen LogP contribution is 2.06. The van der Waals surface area contributed by atoms with Crippen LogP contribution in [0.1, 0.15) is 17.3 Å². The van der Waals surface area contributed by atoms with Gasteiger partial charge in [-0.2, -0.15) is 5.10 Å². The molecule has 0 aliphatic rings. The third-order valence-corrected chi connectivity index (χ3v) is 2.86. The van der Waals surface area contributed by atoms with E-state index in [0.717, 1.165) is 0 Å². The number of aromatic nitrogens is 3. The van der Waals surface area contributed by atoms with Crippen LogP contribution in [0.4, 0.5) is 0 Å². The Kier molecular flexibility index (Phi) is 4.09. The molecule has 0 spiro atoms. The first-order chi connectivity index (χ1) is 8.65. The van der Waals surface area contributed by atoms with Gasteiger partial charge in [0.2, 0.25) is 0 Å². The van der Waals surface area contributed by atoms with Crippen molar-refractivity contribution in [1.82, 2.24) is 20.1 Å². The van der Waals surface area contributed by atoms with Crippen LogP contribution in [0.15, 0.2) is 41.4 Å². The zero-order chi connectivity index (χ0) is 13.0. The van der Waals surface area contributed by atoms with Gasteiger partial charge in [-0.25, -0.2) is 4.98 Å². The molecule has 0 fully saturated rings. The standard InChI is InChI=1S/C12H13BrN4O/c1-9(8-17-6-2-5-15-17)16-12(18)10-3-4-11(13)14-7-10/h2-7,9H,8H2,1H3,(H,16,18). The first-order valence-electron chi connectivity index (χ1n) is 5.55. The van der Waals surface area contributed by atoms with E-state index in [1.54, 1.807) is 29.2 Å². The number of nitrogens with zero attached hydrogens (tertiary/aromatic N) is 3. The zero-order valence-electron chi connectivity index (χ0n) is 9.88. The quantitative estimate of drug-likeness (QED) is 0.877. The Hall–Kier alpha value is -1.69. The first-order valence-corrected chi connectivity index (χ1v) is 6.34. The molecule has 1 amide bonds. The number of carbonyl (C=O) groups excluding carboxylic acids is 1. The predicted octanol–water partition coefficient (Wildman–Crippen LogP) is 1.86. The van der Waals surface area contributed by atoms with Crippen molar-refractivity contribution >= 4 is 21.8 Å². The summed E-state index contributed by atoms with van der Waals surface area (Å²) in [5.74, 6) is -0.130. The normalized spacial score (nSPS) is 12.1. The maximum Gasteiger partial charge on any atom is 0.253 e. The molecule has 0 saturated heterocycles. The van der Waals surface area contributed by atoms with Gasteiger partial charge in [0, 0.05) is 24.6 Å². The van der Waals surface area contributed by atoms with Crippen molar-refractivity contribution in [3.8, 4) is 0 Å². The lowest BCUT2D eigenvalue weighted by Crippen LogP contribution is -2.35. The summed E-state index contributed by atoms with van der Waals surface area (Å²) in [6.07, 6.45) is 5.12.